The van der Waals surface area contributed by atoms with E-state index in [9.17, 15) is 18.8 Å². The monoisotopic (exact) mass is 402 g/mol. The summed E-state index contributed by atoms with van der Waals surface area (Å²) in [7, 11) is 0. The number of halogens is 1. The van der Waals surface area contributed by atoms with Gasteiger partial charge in [-0.15, -0.1) is 0 Å². The van der Waals surface area contributed by atoms with Crippen molar-refractivity contribution >= 4 is 17.8 Å². The predicted octanol–water partition coefficient (Wildman–Crippen LogP) is 1.55. The molecule has 154 valence electrons. The molecule has 0 aromatic heterocycles. The third-order valence-electron chi connectivity index (χ3n) is 3.82. The van der Waals surface area contributed by atoms with Gasteiger partial charge in [-0.05, 0) is 31.5 Å². The van der Waals surface area contributed by atoms with Gasteiger partial charge in [-0.2, -0.15) is 0 Å². The van der Waals surface area contributed by atoms with Crippen molar-refractivity contribution in [1.29, 1.82) is 0 Å². The number of carbonyl (C=O) groups excluding carboxylic acids is 3. The first-order chi connectivity index (χ1) is 13.8. The van der Waals surface area contributed by atoms with Gasteiger partial charge in [0.1, 0.15) is 6.54 Å². The predicted molar refractivity (Wildman–Crippen MR) is 104 cm³/mol. The van der Waals surface area contributed by atoms with Crippen molar-refractivity contribution in [2.75, 3.05) is 6.54 Å². The van der Waals surface area contributed by atoms with Crippen LogP contribution in [0.1, 0.15) is 18.1 Å². The van der Waals surface area contributed by atoms with Crippen molar-refractivity contribution in [1.82, 2.24) is 21.5 Å². The summed E-state index contributed by atoms with van der Waals surface area (Å²) < 4.78 is 18.7. The molecule has 0 radical (unpaired) electrons. The summed E-state index contributed by atoms with van der Waals surface area (Å²) in [6.07, 6.45) is -1.04. The standard InChI is InChI=1S/C20H23FN4O4/c1-13-7-9-15(10-8-13)11-22-20(28)23-12-18(26)24-25-19(27)14(2)29-17-6-4-3-5-16(17)21/h3-10,14H,11-12H2,1-2H3,(H,24,26)(H,25,27)(H2,22,23,28). The zero-order chi connectivity index (χ0) is 21.2. The van der Waals surface area contributed by atoms with E-state index in [2.05, 4.69) is 21.5 Å². The highest BCUT2D eigenvalue weighted by molar-refractivity contribution is 5.87. The van der Waals surface area contributed by atoms with Crippen LogP contribution in [0.15, 0.2) is 48.5 Å². The molecule has 2 aromatic carbocycles. The molecule has 4 N–H and O–H groups in total. The Balaban J connectivity index is 1.65. The Morgan fingerprint density at radius 3 is 2.38 bits per heavy atom. The van der Waals surface area contributed by atoms with Gasteiger partial charge < -0.3 is 15.4 Å². The highest BCUT2D eigenvalue weighted by Crippen LogP contribution is 2.16. The number of nitrogens with one attached hydrogen (secondary N) is 4. The van der Waals surface area contributed by atoms with Crippen molar-refractivity contribution in [3.63, 3.8) is 0 Å². The fourth-order valence-electron chi connectivity index (χ4n) is 2.17. The van der Waals surface area contributed by atoms with Crippen molar-refractivity contribution in [2.24, 2.45) is 0 Å². The van der Waals surface area contributed by atoms with Gasteiger partial charge in [0.2, 0.25) is 0 Å². The maximum absolute atomic E-state index is 13.5. The van der Waals surface area contributed by atoms with E-state index in [1.54, 1.807) is 6.07 Å². The van der Waals surface area contributed by atoms with E-state index >= 15 is 0 Å². The number of ether oxygens (including phenoxy) is 1. The van der Waals surface area contributed by atoms with Gasteiger partial charge in [0.15, 0.2) is 17.7 Å². The lowest BCUT2D eigenvalue weighted by Gasteiger charge is -2.15. The highest BCUT2D eigenvalue weighted by Gasteiger charge is 2.17. The van der Waals surface area contributed by atoms with E-state index < -0.39 is 29.8 Å². The van der Waals surface area contributed by atoms with E-state index in [0.717, 1.165) is 11.1 Å². The lowest BCUT2D eigenvalue weighted by atomic mass is 10.1. The minimum atomic E-state index is -1.04. The Morgan fingerprint density at radius 1 is 1.00 bits per heavy atom. The summed E-state index contributed by atoms with van der Waals surface area (Å²) in [5.74, 6) is -1.99. The van der Waals surface area contributed by atoms with Crippen molar-refractivity contribution < 1.29 is 23.5 Å². The first-order valence-corrected chi connectivity index (χ1v) is 8.92. The molecule has 0 saturated carbocycles. The van der Waals surface area contributed by atoms with Crippen molar-refractivity contribution in [3.05, 3.63) is 65.5 Å². The molecular formula is C20H23FN4O4. The molecule has 1 atom stereocenters. The maximum atomic E-state index is 13.5. The summed E-state index contributed by atoms with van der Waals surface area (Å²) in [6, 6.07) is 12.8. The molecule has 0 fully saturated rings. The minimum absolute atomic E-state index is 0.0756. The number of aryl methyl sites for hydroxylation is 1. The van der Waals surface area contributed by atoms with Crippen LogP contribution in [0.5, 0.6) is 5.75 Å². The molecule has 0 heterocycles. The number of carbonyl (C=O) groups is 3. The van der Waals surface area contributed by atoms with E-state index in [-0.39, 0.29) is 12.3 Å². The fourth-order valence-corrected chi connectivity index (χ4v) is 2.17. The second-order valence-electron chi connectivity index (χ2n) is 6.25. The molecule has 8 nitrogen and oxygen atoms in total. The quantitative estimate of drug-likeness (QED) is 0.527. The average molecular weight is 402 g/mol. The first kappa shape index (κ1) is 21.7. The normalized spacial score (nSPS) is 11.1. The van der Waals surface area contributed by atoms with E-state index in [1.807, 2.05) is 31.2 Å². The van der Waals surface area contributed by atoms with Crippen LogP contribution in [-0.4, -0.2) is 30.5 Å². The molecule has 29 heavy (non-hydrogen) atoms. The third kappa shape index (κ3) is 7.49. The van der Waals surface area contributed by atoms with Gasteiger partial charge in [-0.25, -0.2) is 9.18 Å². The molecule has 0 saturated heterocycles. The second kappa shape index (κ2) is 10.6. The lowest BCUT2D eigenvalue weighted by Crippen LogP contribution is -2.50. The maximum Gasteiger partial charge on any atom is 0.315 e. The van der Waals surface area contributed by atoms with Crippen molar-refractivity contribution in [3.8, 4) is 5.75 Å². The highest BCUT2D eigenvalue weighted by atomic mass is 19.1. The van der Waals surface area contributed by atoms with Crippen molar-refractivity contribution in [2.45, 2.75) is 26.5 Å². The second-order valence-corrected chi connectivity index (χ2v) is 6.25. The molecule has 0 spiro atoms. The number of benzene rings is 2. The summed E-state index contributed by atoms with van der Waals surface area (Å²) in [5.41, 5.74) is 6.33. The molecule has 2 aromatic rings. The van der Waals surface area contributed by atoms with Gasteiger partial charge in [0.05, 0.1) is 0 Å². The van der Waals surface area contributed by atoms with Crippen LogP contribution in [-0.2, 0) is 16.1 Å². The minimum Gasteiger partial charge on any atom is -0.478 e. The zero-order valence-corrected chi connectivity index (χ0v) is 16.1. The third-order valence-corrected chi connectivity index (χ3v) is 3.82. The molecule has 1 unspecified atom stereocenters. The summed E-state index contributed by atoms with van der Waals surface area (Å²) in [6.45, 7) is 3.34. The van der Waals surface area contributed by atoms with Gasteiger partial charge in [0.25, 0.3) is 11.8 Å². The average Bonchev–Trinajstić information content (AvgIpc) is 2.71. The number of para-hydroxylation sites is 1. The SMILES string of the molecule is Cc1ccc(CNC(=O)NCC(=O)NNC(=O)C(C)Oc2ccccc2F)cc1. The van der Waals surface area contributed by atoms with Gasteiger partial charge >= 0.3 is 6.03 Å². The number of rotatable bonds is 7. The fraction of sp³-hybridized carbons (Fsp3) is 0.250. The molecule has 0 bridgehead atoms. The van der Waals surface area contributed by atoms with Crippen LogP contribution < -0.4 is 26.2 Å². The Kier molecular flexibility index (Phi) is 7.96. The van der Waals surface area contributed by atoms with E-state index in [0.29, 0.717) is 6.54 Å². The number of amides is 4. The number of urea groups is 1. The lowest BCUT2D eigenvalue weighted by molar-refractivity contribution is -0.132. The molecule has 0 aliphatic heterocycles. The largest absolute Gasteiger partial charge is 0.478 e. The topological polar surface area (TPSA) is 109 Å². The number of hydrogen-bond donors (Lipinski definition) is 4. The van der Waals surface area contributed by atoms with Gasteiger partial charge in [-0.3, -0.25) is 20.4 Å². The number of hydrazine groups is 1. The van der Waals surface area contributed by atoms with Crippen LogP contribution in [0.2, 0.25) is 0 Å². The Labute approximate surface area is 167 Å². The Morgan fingerprint density at radius 2 is 1.69 bits per heavy atom. The summed E-state index contributed by atoms with van der Waals surface area (Å²) in [5, 5.41) is 4.99. The van der Waals surface area contributed by atoms with Gasteiger partial charge in [-0.1, -0.05) is 42.0 Å². The van der Waals surface area contributed by atoms with Crippen LogP contribution in [0, 0.1) is 12.7 Å². The van der Waals surface area contributed by atoms with Crippen LogP contribution >= 0.6 is 0 Å². The summed E-state index contributed by atoms with van der Waals surface area (Å²) >= 11 is 0. The van der Waals surface area contributed by atoms with Crippen LogP contribution in [0.4, 0.5) is 9.18 Å². The molecule has 4 amide bonds. The van der Waals surface area contributed by atoms with Crippen LogP contribution in [0.25, 0.3) is 0 Å². The smallest absolute Gasteiger partial charge is 0.315 e. The Hall–Kier alpha value is -3.62. The van der Waals surface area contributed by atoms with E-state index in [1.165, 1.54) is 25.1 Å². The van der Waals surface area contributed by atoms with Gasteiger partial charge in [0, 0.05) is 6.54 Å². The molecule has 0 aliphatic rings. The summed E-state index contributed by atoms with van der Waals surface area (Å²) in [4.78, 5) is 35.4. The molecule has 0 aliphatic carbocycles. The Bertz CT molecular complexity index is 858. The first-order valence-electron chi connectivity index (χ1n) is 8.92. The number of hydrogen-bond acceptors (Lipinski definition) is 4. The molecule has 2 rings (SSSR count). The zero-order valence-electron chi connectivity index (χ0n) is 16.1. The van der Waals surface area contributed by atoms with E-state index in [4.69, 9.17) is 4.74 Å². The van der Waals surface area contributed by atoms with Crippen LogP contribution in [0.3, 0.4) is 0 Å². The molecular weight excluding hydrogens is 379 g/mol. The molecule has 9 heteroatoms.